The second-order valence-electron chi connectivity index (χ2n) is 9.91. The highest BCUT2D eigenvalue weighted by molar-refractivity contribution is 5.89. The zero-order valence-electron chi connectivity index (χ0n) is 26.3. The number of carboxylic acid groups (broad SMARTS) is 1. The number of Topliss-reactive ketones (excluding diaryl/α,β-unsaturated/α-hetero) is 1. The van der Waals surface area contributed by atoms with E-state index < -0.39 is 42.0 Å². The number of aliphatic hydroxyl groups is 1. The highest BCUT2D eigenvalue weighted by Crippen LogP contribution is 2.10. The third kappa shape index (κ3) is 25.0. The zero-order valence-corrected chi connectivity index (χ0v) is 26.3. The van der Waals surface area contributed by atoms with Crippen molar-refractivity contribution >= 4 is 30.6 Å². The smallest absolute Gasteiger partial charge is 0.303 e. The molecule has 0 radical (unpaired) electrons. The largest absolute Gasteiger partial charge is 0.481 e. The molecule has 0 saturated heterocycles. The molecule has 4 unspecified atom stereocenters. The Balaban J connectivity index is 5.22. The van der Waals surface area contributed by atoms with Crippen LogP contribution < -0.4 is 5.32 Å². The van der Waals surface area contributed by atoms with Crippen LogP contribution in [0.5, 0.6) is 0 Å². The summed E-state index contributed by atoms with van der Waals surface area (Å²) >= 11 is 0. The van der Waals surface area contributed by atoms with Gasteiger partial charge in [-0.25, -0.2) is 0 Å². The number of nitrogens with one attached hydrogen (secondary N) is 1. The van der Waals surface area contributed by atoms with Crippen LogP contribution in [0.25, 0.3) is 0 Å². The molecule has 11 nitrogen and oxygen atoms in total. The summed E-state index contributed by atoms with van der Waals surface area (Å²) in [6.45, 7) is 3.80. The molecule has 0 aliphatic carbocycles. The van der Waals surface area contributed by atoms with Crippen LogP contribution in [0.2, 0.25) is 0 Å². The van der Waals surface area contributed by atoms with Crippen molar-refractivity contribution in [3.63, 3.8) is 0 Å². The molecule has 0 rings (SSSR count). The van der Waals surface area contributed by atoms with Gasteiger partial charge < -0.3 is 29.7 Å². The summed E-state index contributed by atoms with van der Waals surface area (Å²) < 4.78 is 15.3. The molecule has 0 aliphatic rings. The summed E-state index contributed by atoms with van der Waals surface area (Å²) in [5.74, 6) is -1.65. The van der Waals surface area contributed by atoms with Crippen LogP contribution in [-0.4, -0.2) is 78.4 Å². The predicted molar refractivity (Wildman–Crippen MR) is 171 cm³/mol. The van der Waals surface area contributed by atoms with Gasteiger partial charge >= 0.3 is 5.97 Å². The van der Waals surface area contributed by atoms with E-state index in [2.05, 4.69) is 10.1 Å². The van der Waals surface area contributed by atoms with Gasteiger partial charge in [0.25, 0.3) is 12.9 Å². The highest BCUT2D eigenvalue weighted by Gasteiger charge is 2.24. The first-order chi connectivity index (χ1) is 21.7. The SMILES string of the molecule is CC/C=C\CC(O)C(/C=C/C=C/C=C\C/C=C\C/C=C\CCC(=O)O)OCC(NC(=O)CCC(C)OC=O)C(=O)CCOC=O. The van der Waals surface area contributed by atoms with Crippen molar-refractivity contribution in [2.45, 2.75) is 96.0 Å². The van der Waals surface area contributed by atoms with E-state index in [4.69, 9.17) is 14.6 Å². The van der Waals surface area contributed by atoms with E-state index in [-0.39, 0.29) is 45.4 Å². The van der Waals surface area contributed by atoms with Crippen LogP contribution in [-0.2, 0) is 38.2 Å². The summed E-state index contributed by atoms with van der Waals surface area (Å²) in [7, 11) is 0. The number of allylic oxidation sites excluding steroid dienone is 10. The van der Waals surface area contributed by atoms with Gasteiger partial charge in [-0.2, -0.15) is 0 Å². The molecule has 3 N–H and O–H groups in total. The van der Waals surface area contributed by atoms with Crippen LogP contribution in [0.15, 0.2) is 72.9 Å². The fourth-order valence-electron chi connectivity index (χ4n) is 3.63. The number of ketones is 1. The molecule has 1 amide bonds. The lowest BCUT2D eigenvalue weighted by molar-refractivity contribution is -0.137. The van der Waals surface area contributed by atoms with Crippen molar-refractivity contribution in [2.24, 2.45) is 0 Å². The molecule has 0 fully saturated rings. The van der Waals surface area contributed by atoms with Gasteiger partial charge in [0, 0.05) is 19.3 Å². The van der Waals surface area contributed by atoms with Crippen LogP contribution >= 0.6 is 0 Å². The summed E-state index contributed by atoms with van der Waals surface area (Å²) in [4.78, 5) is 56.8. The molecule has 0 aromatic carbocycles. The summed E-state index contributed by atoms with van der Waals surface area (Å²) in [5, 5.41) is 22.0. The molecule has 11 heteroatoms. The van der Waals surface area contributed by atoms with Crippen molar-refractivity contribution in [3.05, 3.63) is 72.9 Å². The molecule has 45 heavy (non-hydrogen) atoms. The fraction of sp³-hybridized carbons (Fsp3) is 0.500. The van der Waals surface area contributed by atoms with E-state index in [1.807, 2.05) is 61.6 Å². The lowest BCUT2D eigenvalue weighted by Gasteiger charge is -2.24. The first kappa shape index (κ1) is 40.9. The minimum absolute atomic E-state index is 0.0111. The Hall–Kier alpha value is -4.09. The van der Waals surface area contributed by atoms with E-state index in [0.29, 0.717) is 19.3 Å². The standard InChI is InChI=1S/C34H49NO10/c1-3-4-15-18-31(39)32(19-16-13-11-9-7-5-6-8-10-12-14-17-20-34(41)42)44-25-29(30(38)23-24-43-26-36)35-33(40)22-21-28(2)45-27-37/h4,6-9,11-16,19,26-29,31-32,39H,3,5,10,17-18,20-25H2,1-2H3,(H,35,40)(H,41,42)/b8-6-,9-7-,13-11+,14-12-,15-4-,19-16+. The van der Waals surface area contributed by atoms with Crippen LogP contribution in [0, 0.1) is 0 Å². The van der Waals surface area contributed by atoms with Gasteiger partial charge in [0.2, 0.25) is 5.91 Å². The van der Waals surface area contributed by atoms with Crippen molar-refractivity contribution in [3.8, 4) is 0 Å². The number of carbonyl (C=O) groups excluding carboxylic acids is 4. The molecular formula is C34H49NO10. The number of rotatable bonds is 28. The van der Waals surface area contributed by atoms with Crippen LogP contribution in [0.1, 0.15) is 71.6 Å². The number of ether oxygens (including phenoxy) is 3. The molecule has 0 heterocycles. The van der Waals surface area contributed by atoms with Crippen molar-refractivity contribution in [2.75, 3.05) is 13.2 Å². The van der Waals surface area contributed by atoms with Crippen molar-refractivity contribution in [1.82, 2.24) is 5.32 Å². The lowest BCUT2D eigenvalue weighted by Crippen LogP contribution is -2.46. The molecule has 0 aromatic rings. The summed E-state index contributed by atoms with van der Waals surface area (Å²) in [5.41, 5.74) is 0. The molecule has 0 saturated carbocycles. The van der Waals surface area contributed by atoms with E-state index in [0.717, 1.165) is 19.3 Å². The Labute approximate surface area is 266 Å². The van der Waals surface area contributed by atoms with Gasteiger partial charge in [0.15, 0.2) is 5.78 Å². The number of hydrogen-bond acceptors (Lipinski definition) is 9. The monoisotopic (exact) mass is 631 g/mol. The molecule has 0 spiro atoms. The number of aliphatic carboxylic acids is 1. The normalized spacial score (nSPS) is 14.8. The number of hydrogen-bond donors (Lipinski definition) is 3. The molecule has 4 atom stereocenters. The maximum Gasteiger partial charge on any atom is 0.303 e. The first-order valence-corrected chi connectivity index (χ1v) is 15.2. The highest BCUT2D eigenvalue weighted by atomic mass is 16.5. The topological polar surface area (TPSA) is 166 Å². The average molecular weight is 632 g/mol. The molecule has 250 valence electrons. The maximum absolute atomic E-state index is 12.8. The summed E-state index contributed by atoms with van der Waals surface area (Å²) in [6, 6.07) is -1.05. The van der Waals surface area contributed by atoms with Crippen molar-refractivity contribution in [1.29, 1.82) is 0 Å². The van der Waals surface area contributed by atoms with Gasteiger partial charge in [-0.1, -0.05) is 79.8 Å². The minimum Gasteiger partial charge on any atom is -0.481 e. The fourth-order valence-corrected chi connectivity index (χ4v) is 3.63. The van der Waals surface area contributed by atoms with Crippen LogP contribution in [0.3, 0.4) is 0 Å². The quantitative estimate of drug-likeness (QED) is 0.0485. The number of carboxylic acids is 1. The Kier molecular flexibility index (Phi) is 26.1. The average Bonchev–Trinajstić information content (AvgIpc) is 3.01. The second kappa shape index (κ2) is 28.7. The zero-order chi connectivity index (χ0) is 33.5. The molecule has 0 bridgehead atoms. The van der Waals surface area contributed by atoms with Gasteiger partial charge in [0.1, 0.15) is 12.1 Å². The third-order valence-corrected chi connectivity index (χ3v) is 6.11. The Morgan fingerprint density at radius 2 is 1.56 bits per heavy atom. The summed E-state index contributed by atoms with van der Waals surface area (Å²) in [6.07, 6.45) is 23.6. The van der Waals surface area contributed by atoms with Gasteiger partial charge in [0.05, 0.1) is 25.4 Å². The Bertz CT molecular complexity index is 1030. The second-order valence-corrected chi connectivity index (χ2v) is 9.91. The Morgan fingerprint density at radius 3 is 2.24 bits per heavy atom. The van der Waals surface area contributed by atoms with Crippen LogP contribution in [0.4, 0.5) is 0 Å². The number of aliphatic hydroxyl groups excluding tert-OH is 1. The molecular weight excluding hydrogens is 582 g/mol. The lowest BCUT2D eigenvalue weighted by atomic mass is 10.1. The minimum atomic E-state index is -1.05. The van der Waals surface area contributed by atoms with Gasteiger partial charge in [-0.15, -0.1) is 0 Å². The number of carbonyl (C=O) groups is 5. The van der Waals surface area contributed by atoms with E-state index in [1.165, 1.54) is 0 Å². The third-order valence-electron chi connectivity index (χ3n) is 6.11. The van der Waals surface area contributed by atoms with Gasteiger partial charge in [-0.3, -0.25) is 24.0 Å². The van der Waals surface area contributed by atoms with E-state index >= 15 is 0 Å². The first-order valence-electron chi connectivity index (χ1n) is 15.2. The number of amides is 1. The van der Waals surface area contributed by atoms with Crippen molar-refractivity contribution < 1.29 is 48.4 Å². The molecule has 0 aliphatic heterocycles. The van der Waals surface area contributed by atoms with E-state index in [1.54, 1.807) is 25.2 Å². The predicted octanol–water partition coefficient (Wildman–Crippen LogP) is 4.47. The maximum atomic E-state index is 12.8. The van der Waals surface area contributed by atoms with E-state index in [9.17, 15) is 29.1 Å². The molecule has 0 aromatic heterocycles. The Morgan fingerprint density at radius 1 is 0.844 bits per heavy atom. The van der Waals surface area contributed by atoms with Gasteiger partial charge in [-0.05, 0) is 45.4 Å².